The van der Waals surface area contributed by atoms with Crippen molar-refractivity contribution in [2.45, 2.75) is 13.0 Å². The van der Waals surface area contributed by atoms with Gasteiger partial charge in [-0.2, -0.15) is 4.40 Å². The normalized spacial score (nSPS) is 12.7. The summed E-state index contributed by atoms with van der Waals surface area (Å²) >= 11 is 0. The Morgan fingerprint density at radius 3 is 2.83 bits per heavy atom. The highest BCUT2D eigenvalue weighted by molar-refractivity contribution is 5.92. The Hall–Kier alpha value is -2.60. The van der Waals surface area contributed by atoms with Crippen LogP contribution in [0.1, 0.15) is 28.0 Å². The van der Waals surface area contributed by atoms with E-state index in [1.807, 2.05) is 61.9 Å². The number of H-pyrrole nitrogens is 1. The summed E-state index contributed by atoms with van der Waals surface area (Å²) in [5.74, 6) is 0.748. The summed E-state index contributed by atoms with van der Waals surface area (Å²) in [6, 6.07) is 9.79. The van der Waals surface area contributed by atoms with Gasteiger partial charge >= 0.3 is 0 Å². The Labute approximate surface area is 134 Å². The summed E-state index contributed by atoms with van der Waals surface area (Å²) in [6.45, 7) is 2.51. The number of fused-ring (bicyclic) bond motifs is 1. The third kappa shape index (κ3) is 3.12. The average molecular weight is 314 g/mol. The highest BCUT2D eigenvalue weighted by Gasteiger charge is 2.23. The van der Waals surface area contributed by atoms with Crippen molar-refractivity contribution >= 4 is 11.6 Å². The van der Waals surface area contributed by atoms with Gasteiger partial charge in [-0.05, 0) is 25.1 Å². The number of aromatic amines is 1. The van der Waals surface area contributed by atoms with Crippen LogP contribution < -0.4 is 14.6 Å². The molecule has 1 unspecified atom stereocenters. The topological polar surface area (TPSA) is 66.6 Å². The lowest BCUT2D eigenvalue weighted by Gasteiger charge is -2.19. The summed E-state index contributed by atoms with van der Waals surface area (Å²) < 4.78 is 7.44. The van der Waals surface area contributed by atoms with Crippen LogP contribution >= 0.6 is 0 Å². The molecule has 3 aromatic heterocycles. The van der Waals surface area contributed by atoms with E-state index in [-0.39, 0.29) is 11.9 Å². The maximum Gasteiger partial charge on any atom is 0.295 e. The number of amides is 1. The molecule has 0 aliphatic heterocycles. The highest BCUT2D eigenvalue weighted by Crippen LogP contribution is 2.09. The van der Waals surface area contributed by atoms with Gasteiger partial charge in [0.05, 0.1) is 26.9 Å². The fraction of sp³-hybridized carbons (Fsp3) is 0.294. The van der Waals surface area contributed by atoms with Gasteiger partial charge in [-0.25, -0.2) is 4.98 Å². The van der Waals surface area contributed by atoms with Gasteiger partial charge in [-0.3, -0.25) is 4.79 Å². The Bertz CT molecular complexity index is 805. The molecule has 3 heterocycles. The molecule has 120 valence electrons. The number of aryl methyl sites for hydroxylation is 1. The first-order valence-corrected chi connectivity index (χ1v) is 7.68. The molecule has 6 heteroatoms. The van der Waals surface area contributed by atoms with Gasteiger partial charge in [-0.15, -0.1) is 0 Å². The molecule has 0 fully saturated rings. The van der Waals surface area contributed by atoms with Crippen molar-refractivity contribution in [1.29, 1.82) is 0 Å². The lowest BCUT2D eigenvalue weighted by molar-refractivity contribution is -0.891. The van der Waals surface area contributed by atoms with Gasteiger partial charge in [0, 0.05) is 6.07 Å². The van der Waals surface area contributed by atoms with Crippen molar-refractivity contribution < 1.29 is 18.5 Å². The largest absolute Gasteiger partial charge is 0.463 e. The number of carbonyl (C=O) groups is 1. The smallest absolute Gasteiger partial charge is 0.295 e. The number of furan rings is 1. The number of likely N-dealkylation sites (N-methyl/N-ethyl adjacent to an activating group) is 1. The van der Waals surface area contributed by atoms with Crippen molar-refractivity contribution in [1.82, 2.24) is 10.3 Å². The molecular formula is C17H22N4O2+2. The van der Waals surface area contributed by atoms with Crippen LogP contribution in [0.2, 0.25) is 0 Å². The van der Waals surface area contributed by atoms with Crippen LogP contribution in [-0.2, 0) is 0 Å². The molecule has 0 saturated carbocycles. The van der Waals surface area contributed by atoms with Crippen molar-refractivity contribution in [3.05, 3.63) is 59.9 Å². The molecule has 0 aromatic carbocycles. The number of pyridine rings is 1. The molecule has 1 atom stereocenters. The number of nitrogens with one attached hydrogen (secondary N) is 3. The Kier molecular flexibility index (Phi) is 4.16. The van der Waals surface area contributed by atoms with Crippen LogP contribution in [0.25, 0.3) is 5.65 Å². The van der Waals surface area contributed by atoms with Gasteiger partial charge in [0.25, 0.3) is 11.6 Å². The first-order chi connectivity index (χ1) is 11.1. The molecule has 1 amide bonds. The zero-order valence-electron chi connectivity index (χ0n) is 13.6. The number of hydrogen-bond donors (Lipinski definition) is 3. The van der Waals surface area contributed by atoms with Crippen molar-refractivity contribution in [2.75, 3.05) is 20.6 Å². The van der Waals surface area contributed by atoms with E-state index in [1.165, 1.54) is 4.90 Å². The quantitative estimate of drug-likeness (QED) is 0.592. The maximum absolute atomic E-state index is 12.4. The molecule has 0 aliphatic rings. The second-order valence-corrected chi connectivity index (χ2v) is 5.95. The van der Waals surface area contributed by atoms with Crippen LogP contribution in [0.3, 0.4) is 0 Å². The first kappa shape index (κ1) is 15.3. The zero-order chi connectivity index (χ0) is 16.4. The molecule has 0 saturated heterocycles. The Morgan fingerprint density at radius 1 is 1.35 bits per heavy atom. The fourth-order valence-electron chi connectivity index (χ4n) is 2.69. The summed E-state index contributed by atoms with van der Waals surface area (Å²) in [6.07, 6.45) is 3.48. The van der Waals surface area contributed by atoms with E-state index in [0.29, 0.717) is 12.2 Å². The maximum atomic E-state index is 12.4. The van der Waals surface area contributed by atoms with Crippen LogP contribution in [0.5, 0.6) is 0 Å². The second kappa shape index (κ2) is 6.26. The van der Waals surface area contributed by atoms with Crippen LogP contribution in [-0.4, -0.2) is 31.5 Å². The highest BCUT2D eigenvalue weighted by atomic mass is 16.3. The first-order valence-electron chi connectivity index (χ1n) is 7.68. The lowest BCUT2D eigenvalue weighted by atomic mass is 10.2. The summed E-state index contributed by atoms with van der Waals surface area (Å²) in [4.78, 5) is 16.8. The molecule has 0 bridgehead atoms. The predicted molar refractivity (Wildman–Crippen MR) is 85.3 cm³/mol. The second-order valence-electron chi connectivity index (χ2n) is 5.95. The third-order valence-electron chi connectivity index (χ3n) is 4.05. The predicted octanol–water partition coefficient (Wildman–Crippen LogP) is 0.270. The lowest BCUT2D eigenvalue weighted by Crippen LogP contribution is -3.07. The van der Waals surface area contributed by atoms with Gasteiger partial charge in [0.2, 0.25) is 5.69 Å². The van der Waals surface area contributed by atoms with E-state index < -0.39 is 0 Å². The molecule has 6 nitrogen and oxygen atoms in total. The van der Waals surface area contributed by atoms with E-state index in [0.717, 1.165) is 17.1 Å². The van der Waals surface area contributed by atoms with Crippen LogP contribution in [0.15, 0.2) is 47.2 Å². The number of quaternary nitrogens is 1. The summed E-state index contributed by atoms with van der Waals surface area (Å²) in [5.41, 5.74) is 2.52. The third-order valence-corrected chi connectivity index (χ3v) is 4.05. The summed E-state index contributed by atoms with van der Waals surface area (Å²) in [7, 11) is 4.09. The van der Waals surface area contributed by atoms with E-state index in [9.17, 15) is 4.79 Å². The zero-order valence-corrected chi connectivity index (χ0v) is 13.6. The van der Waals surface area contributed by atoms with Gasteiger partial charge in [-0.1, -0.05) is 6.07 Å². The number of rotatable bonds is 5. The molecular weight excluding hydrogens is 292 g/mol. The SMILES string of the molecule is Cc1cccc2[nH]c(C(=O)NCC(c3ccco3)[NH+](C)C)c[n+]12. The molecule has 0 radical (unpaired) electrons. The number of carbonyl (C=O) groups excluding carboxylic acids is 1. The van der Waals surface area contributed by atoms with Gasteiger partial charge in [0.1, 0.15) is 11.9 Å². The molecule has 3 N–H and O–H groups in total. The molecule has 3 aromatic rings. The number of nitrogens with zero attached hydrogens (tertiary/aromatic N) is 1. The minimum atomic E-state index is -0.120. The molecule has 3 rings (SSSR count). The number of hydrogen-bond acceptors (Lipinski definition) is 2. The fourth-order valence-corrected chi connectivity index (χ4v) is 2.69. The van der Waals surface area contributed by atoms with E-state index >= 15 is 0 Å². The number of imidazole rings is 1. The van der Waals surface area contributed by atoms with E-state index in [4.69, 9.17) is 4.42 Å². The summed E-state index contributed by atoms with van der Waals surface area (Å²) in [5, 5.41) is 2.98. The standard InChI is InChI=1S/C17H20N4O2/c1-12-6-4-8-16-19-13(11-21(12)16)17(22)18-10-14(20(2)3)15-7-5-9-23-15/h4-9,11,14H,10H2,1-3H3,(H,18,22)/p+2. The monoisotopic (exact) mass is 314 g/mol. The van der Waals surface area contributed by atoms with Crippen molar-refractivity contribution in [2.24, 2.45) is 0 Å². The molecule has 0 aliphatic carbocycles. The molecule has 0 spiro atoms. The van der Waals surface area contributed by atoms with Crippen LogP contribution in [0.4, 0.5) is 0 Å². The van der Waals surface area contributed by atoms with E-state index in [2.05, 4.69) is 10.3 Å². The Balaban J connectivity index is 1.74. The minimum Gasteiger partial charge on any atom is -0.463 e. The van der Waals surface area contributed by atoms with E-state index in [1.54, 1.807) is 6.26 Å². The number of aromatic nitrogens is 2. The van der Waals surface area contributed by atoms with Gasteiger partial charge in [0.15, 0.2) is 11.8 Å². The Morgan fingerprint density at radius 2 is 2.17 bits per heavy atom. The average Bonchev–Trinajstić information content (AvgIpc) is 3.16. The molecule has 23 heavy (non-hydrogen) atoms. The van der Waals surface area contributed by atoms with Crippen molar-refractivity contribution in [3.8, 4) is 0 Å². The van der Waals surface area contributed by atoms with Crippen molar-refractivity contribution in [3.63, 3.8) is 0 Å². The minimum absolute atomic E-state index is 0.0766. The van der Waals surface area contributed by atoms with Crippen LogP contribution in [0, 0.1) is 6.92 Å². The van der Waals surface area contributed by atoms with Gasteiger partial charge < -0.3 is 14.6 Å².